The number of anilines is 1. The van der Waals surface area contributed by atoms with Crippen LogP contribution in [0.3, 0.4) is 0 Å². The summed E-state index contributed by atoms with van der Waals surface area (Å²) < 4.78 is 2.04. The summed E-state index contributed by atoms with van der Waals surface area (Å²) in [6.45, 7) is 5.18. The van der Waals surface area contributed by atoms with Crippen LogP contribution >= 0.6 is 0 Å². The normalized spacial score (nSPS) is 24.5. The van der Waals surface area contributed by atoms with Gasteiger partial charge in [0.05, 0.1) is 0 Å². The average Bonchev–Trinajstić information content (AvgIpc) is 3.48. The zero-order valence-electron chi connectivity index (χ0n) is 21.9. The molecule has 3 aliphatic rings. The molecule has 0 bridgehead atoms. The SMILES string of the molecule is CC1CCC(Cn2c(C(=O)c3ccccc3)nc3nc(C4NOC(=O)N4)nc(N[C@H](C)C4CCC4)c32)CC1. The molecule has 10 nitrogen and oxygen atoms in total. The summed E-state index contributed by atoms with van der Waals surface area (Å²) in [4.78, 5) is 44.7. The van der Waals surface area contributed by atoms with Crippen molar-refractivity contribution < 1.29 is 14.4 Å². The Hall–Kier alpha value is -3.53. The van der Waals surface area contributed by atoms with E-state index in [0.717, 1.165) is 24.3 Å². The Morgan fingerprint density at radius 3 is 2.53 bits per heavy atom. The van der Waals surface area contributed by atoms with Gasteiger partial charge in [0.25, 0.3) is 0 Å². The molecular formula is C28H35N7O3. The van der Waals surface area contributed by atoms with E-state index in [4.69, 9.17) is 19.8 Å². The van der Waals surface area contributed by atoms with E-state index in [2.05, 4.69) is 30.0 Å². The average molecular weight is 518 g/mol. The van der Waals surface area contributed by atoms with Gasteiger partial charge in [-0.25, -0.2) is 19.7 Å². The first-order valence-electron chi connectivity index (χ1n) is 13.8. The summed E-state index contributed by atoms with van der Waals surface area (Å²) in [5.74, 6) is 2.96. The van der Waals surface area contributed by atoms with Crippen LogP contribution in [-0.2, 0) is 11.4 Å². The fourth-order valence-electron chi connectivity index (χ4n) is 5.80. The first-order valence-corrected chi connectivity index (χ1v) is 13.8. The Morgan fingerprint density at radius 2 is 1.87 bits per heavy atom. The highest BCUT2D eigenvalue weighted by Gasteiger charge is 2.32. The van der Waals surface area contributed by atoms with Gasteiger partial charge in [0.15, 0.2) is 29.3 Å². The third kappa shape index (κ3) is 4.84. The fraction of sp³-hybridized carbons (Fsp3) is 0.536. The first-order chi connectivity index (χ1) is 18.5. The molecule has 1 aromatic carbocycles. The molecule has 1 unspecified atom stereocenters. The molecule has 2 aliphatic carbocycles. The largest absolute Gasteiger partial charge is 0.427 e. The zero-order chi connectivity index (χ0) is 26.2. The van der Waals surface area contributed by atoms with E-state index in [-0.39, 0.29) is 11.8 Å². The second-order valence-electron chi connectivity index (χ2n) is 11.2. The smallest absolute Gasteiger partial charge is 0.365 e. The number of benzene rings is 1. The number of hydrogen-bond donors (Lipinski definition) is 3. The molecule has 3 heterocycles. The molecule has 0 radical (unpaired) electrons. The molecule has 3 N–H and O–H groups in total. The topological polar surface area (TPSA) is 123 Å². The Morgan fingerprint density at radius 1 is 1.11 bits per heavy atom. The molecule has 2 aromatic heterocycles. The van der Waals surface area contributed by atoms with Gasteiger partial charge in [-0.1, -0.05) is 56.5 Å². The van der Waals surface area contributed by atoms with E-state index in [9.17, 15) is 9.59 Å². The fourth-order valence-corrected chi connectivity index (χ4v) is 5.80. The lowest BCUT2D eigenvalue weighted by atomic mass is 9.80. The van der Waals surface area contributed by atoms with E-state index in [0.29, 0.717) is 47.1 Å². The van der Waals surface area contributed by atoms with E-state index < -0.39 is 12.3 Å². The zero-order valence-corrected chi connectivity index (χ0v) is 21.9. The summed E-state index contributed by atoms with van der Waals surface area (Å²) in [6.07, 6.45) is 6.93. The van der Waals surface area contributed by atoms with E-state index >= 15 is 0 Å². The van der Waals surface area contributed by atoms with Crippen LogP contribution in [0.2, 0.25) is 0 Å². The van der Waals surface area contributed by atoms with Gasteiger partial charge in [0.1, 0.15) is 5.52 Å². The molecule has 3 aromatic rings. The van der Waals surface area contributed by atoms with Crippen molar-refractivity contribution in [3.05, 3.63) is 47.5 Å². The molecule has 38 heavy (non-hydrogen) atoms. The predicted molar refractivity (Wildman–Crippen MR) is 142 cm³/mol. The summed E-state index contributed by atoms with van der Waals surface area (Å²) in [5, 5.41) is 6.31. The minimum atomic E-state index is -0.704. The monoisotopic (exact) mass is 517 g/mol. The Bertz CT molecular complexity index is 1330. The number of rotatable bonds is 8. The van der Waals surface area contributed by atoms with E-state index in [1.54, 1.807) is 0 Å². The highest BCUT2D eigenvalue weighted by Crippen LogP contribution is 2.35. The number of aromatic nitrogens is 4. The number of hydrogen-bond acceptors (Lipinski definition) is 8. The molecule has 1 aliphatic heterocycles. The van der Waals surface area contributed by atoms with Crippen molar-refractivity contribution in [2.45, 2.75) is 77.5 Å². The van der Waals surface area contributed by atoms with Crippen molar-refractivity contribution in [2.24, 2.45) is 17.8 Å². The number of carbonyl (C=O) groups excluding carboxylic acids is 2. The lowest BCUT2D eigenvalue weighted by Crippen LogP contribution is -2.32. The highest BCUT2D eigenvalue weighted by atomic mass is 16.7. The maximum absolute atomic E-state index is 13.8. The number of carbonyl (C=O) groups is 2. The van der Waals surface area contributed by atoms with Gasteiger partial charge >= 0.3 is 6.09 Å². The Kier molecular flexibility index (Phi) is 6.73. The standard InChI is InChI=1S/C28H35N7O3/c1-16-11-13-18(14-12-16)15-35-21-23(29-17(2)19-9-6-10-19)30-25(26-33-28(37)38-34-26)31-24(21)32-27(35)22(36)20-7-4-3-5-8-20/h3-5,7-8,16-19,26,34H,6,9-15H2,1-2H3,(H,33,37)(H,29,30,31)/t16?,17-,18?,26?/m1/s1. The molecular weight excluding hydrogens is 482 g/mol. The molecule has 3 fully saturated rings. The summed E-state index contributed by atoms with van der Waals surface area (Å²) in [5.41, 5.74) is 4.40. The van der Waals surface area contributed by atoms with Crippen LogP contribution in [0, 0.1) is 17.8 Å². The van der Waals surface area contributed by atoms with Crippen LogP contribution in [0.4, 0.5) is 10.6 Å². The molecule has 1 saturated heterocycles. The van der Waals surface area contributed by atoms with Gasteiger partial charge < -0.3 is 14.7 Å². The van der Waals surface area contributed by atoms with Gasteiger partial charge in [-0.15, -0.1) is 5.48 Å². The predicted octanol–water partition coefficient (Wildman–Crippen LogP) is 4.73. The third-order valence-corrected chi connectivity index (χ3v) is 8.45. The highest BCUT2D eigenvalue weighted by molar-refractivity contribution is 6.08. The van der Waals surface area contributed by atoms with Gasteiger partial charge in [-0.3, -0.25) is 10.1 Å². The second-order valence-corrected chi connectivity index (χ2v) is 11.2. The second kappa shape index (κ2) is 10.3. The van der Waals surface area contributed by atoms with Crippen LogP contribution < -0.4 is 16.1 Å². The summed E-state index contributed by atoms with van der Waals surface area (Å²) >= 11 is 0. The molecule has 0 spiro atoms. The van der Waals surface area contributed by atoms with Crippen LogP contribution in [0.15, 0.2) is 30.3 Å². The van der Waals surface area contributed by atoms with Crippen molar-refractivity contribution in [1.29, 1.82) is 0 Å². The van der Waals surface area contributed by atoms with Gasteiger partial charge in [0.2, 0.25) is 5.78 Å². The number of fused-ring (bicyclic) bond motifs is 1. The number of hydroxylamine groups is 1. The quantitative estimate of drug-likeness (QED) is 0.367. The van der Waals surface area contributed by atoms with E-state index in [1.807, 2.05) is 34.9 Å². The minimum Gasteiger partial charge on any atom is -0.365 e. The molecule has 2 atom stereocenters. The number of nitrogens with one attached hydrogen (secondary N) is 3. The Balaban J connectivity index is 1.47. The van der Waals surface area contributed by atoms with Crippen molar-refractivity contribution in [3.63, 3.8) is 0 Å². The van der Waals surface area contributed by atoms with Crippen molar-refractivity contribution in [2.75, 3.05) is 5.32 Å². The number of nitrogens with zero attached hydrogens (tertiary/aromatic N) is 4. The molecule has 2 saturated carbocycles. The van der Waals surface area contributed by atoms with Crippen LogP contribution in [0.25, 0.3) is 11.2 Å². The lowest BCUT2D eigenvalue weighted by Gasteiger charge is -2.32. The number of ketones is 1. The summed E-state index contributed by atoms with van der Waals surface area (Å²) in [7, 11) is 0. The van der Waals surface area contributed by atoms with Crippen LogP contribution in [0.1, 0.15) is 87.0 Å². The number of imidazole rings is 1. The van der Waals surface area contributed by atoms with Crippen molar-refractivity contribution >= 4 is 28.9 Å². The molecule has 10 heteroatoms. The molecule has 1 amide bonds. The maximum atomic E-state index is 13.8. The van der Waals surface area contributed by atoms with Crippen LogP contribution in [0.5, 0.6) is 0 Å². The maximum Gasteiger partial charge on any atom is 0.427 e. The molecule has 6 rings (SSSR count). The number of amides is 1. The van der Waals surface area contributed by atoms with Crippen molar-refractivity contribution in [3.8, 4) is 0 Å². The van der Waals surface area contributed by atoms with Crippen molar-refractivity contribution in [1.82, 2.24) is 30.3 Å². The van der Waals surface area contributed by atoms with Crippen LogP contribution in [-0.4, -0.2) is 37.4 Å². The van der Waals surface area contributed by atoms with Gasteiger partial charge in [-0.05, 0) is 50.4 Å². The lowest BCUT2D eigenvalue weighted by molar-refractivity contribution is 0.102. The molecule has 200 valence electrons. The van der Waals surface area contributed by atoms with Gasteiger partial charge in [-0.2, -0.15) is 0 Å². The van der Waals surface area contributed by atoms with Gasteiger partial charge in [0, 0.05) is 18.2 Å². The first kappa shape index (κ1) is 24.8. The summed E-state index contributed by atoms with van der Waals surface area (Å²) in [6, 6.07) is 9.46. The van der Waals surface area contributed by atoms with E-state index in [1.165, 1.54) is 32.1 Å². The minimum absolute atomic E-state index is 0.136. The Labute approximate surface area is 221 Å². The third-order valence-electron chi connectivity index (χ3n) is 8.45.